The predicted octanol–water partition coefficient (Wildman–Crippen LogP) is 1.26. The van der Waals surface area contributed by atoms with Crippen molar-refractivity contribution in [2.24, 2.45) is 5.73 Å². The lowest BCUT2D eigenvalue weighted by Gasteiger charge is -2.15. The summed E-state index contributed by atoms with van der Waals surface area (Å²) in [5.41, 5.74) is 5.86. The lowest BCUT2D eigenvalue weighted by atomic mass is 10.1. The van der Waals surface area contributed by atoms with Crippen LogP contribution in [-0.2, 0) is 4.79 Å². The summed E-state index contributed by atoms with van der Waals surface area (Å²) < 4.78 is 17.9. The molecule has 6 nitrogen and oxygen atoms in total. The van der Waals surface area contributed by atoms with E-state index in [9.17, 15) is 9.18 Å². The fourth-order valence-electron chi connectivity index (χ4n) is 1.63. The van der Waals surface area contributed by atoms with Crippen LogP contribution in [0.2, 0.25) is 0 Å². The van der Waals surface area contributed by atoms with Crippen molar-refractivity contribution in [3.8, 4) is 5.88 Å². The highest BCUT2D eigenvalue weighted by Crippen LogP contribution is 2.18. The van der Waals surface area contributed by atoms with Crippen LogP contribution in [0.15, 0.2) is 36.5 Å². The summed E-state index contributed by atoms with van der Waals surface area (Å²) in [7, 11) is 1.47. The molecule has 1 unspecified atom stereocenters. The van der Waals surface area contributed by atoms with E-state index in [1.54, 1.807) is 6.07 Å². The van der Waals surface area contributed by atoms with Crippen LogP contribution in [0, 0.1) is 5.82 Å². The highest BCUT2D eigenvalue weighted by Gasteiger charge is 2.19. The number of hydrogen-bond donors (Lipinski definition) is 2. The number of nitrogens with one attached hydrogen (secondary N) is 1. The molecule has 0 saturated heterocycles. The van der Waals surface area contributed by atoms with Gasteiger partial charge in [0.1, 0.15) is 11.9 Å². The number of ether oxygens (including phenoxy) is 1. The Morgan fingerprint density at radius 2 is 2.05 bits per heavy atom. The van der Waals surface area contributed by atoms with Gasteiger partial charge in [-0.05, 0) is 17.7 Å². The molecule has 0 bridgehead atoms. The Balaban J connectivity index is 2.25. The van der Waals surface area contributed by atoms with Gasteiger partial charge in [0.15, 0.2) is 0 Å². The first-order valence-corrected chi connectivity index (χ1v) is 5.78. The van der Waals surface area contributed by atoms with Gasteiger partial charge in [0.05, 0.1) is 7.11 Å². The molecule has 0 aliphatic carbocycles. The number of methoxy groups -OCH3 is 1. The van der Waals surface area contributed by atoms with Gasteiger partial charge in [0, 0.05) is 12.3 Å². The first-order valence-electron chi connectivity index (χ1n) is 5.78. The van der Waals surface area contributed by atoms with E-state index in [4.69, 9.17) is 10.5 Å². The molecule has 1 heterocycles. The standard InChI is InChI=1S/C13H13FN4O2/c1-20-10-6-7-16-13(17-10)18-11(12(15)19)8-2-4-9(14)5-3-8/h2-7,11H,1H3,(H2,15,19)(H,16,17,18). The van der Waals surface area contributed by atoms with Gasteiger partial charge >= 0.3 is 0 Å². The van der Waals surface area contributed by atoms with Crippen LogP contribution in [0.3, 0.4) is 0 Å². The van der Waals surface area contributed by atoms with Crippen molar-refractivity contribution >= 4 is 11.9 Å². The second kappa shape index (κ2) is 5.96. The number of halogens is 1. The monoisotopic (exact) mass is 276 g/mol. The van der Waals surface area contributed by atoms with Gasteiger partial charge < -0.3 is 15.8 Å². The molecule has 20 heavy (non-hydrogen) atoms. The molecule has 1 atom stereocenters. The number of carbonyl (C=O) groups is 1. The van der Waals surface area contributed by atoms with Gasteiger partial charge in [0.2, 0.25) is 17.7 Å². The zero-order chi connectivity index (χ0) is 14.5. The Morgan fingerprint density at radius 3 is 2.65 bits per heavy atom. The Kier molecular flexibility index (Phi) is 4.09. The summed E-state index contributed by atoms with van der Waals surface area (Å²) in [5, 5.41) is 2.79. The normalized spacial score (nSPS) is 11.7. The maximum atomic E-state index is 12.9. The van der Waals surface area contributed by atoms with Crippen molar-refractivity contribution in [2.45, 2.75) is 6.04 Å². The van der Waals surface area contributed by atoms with Crippen LogP contribution in [-0.4, -0.2) is 23.0 Å². The molecule has 2 aromatic rings. The summed E-state index contributed by atoms with van der Waals surface area (Å²) >= 11 is 0. The predicted molar refractivity (Wildman–Crippen MR) is 70.5 cm³/mol. The number of anilines is 1. The first-order chi connectivity index (χ1) is 9.60. The van der Waals surface area contributed by atoms with E-state index in [1.165, 1.54) is 37.6 Å². The molecule has 0 saturated carbocycles. The lowest BCUT2D eigenvalue weighted by molar-refractivity contribution is -0.118. The summed E-state index contributed by atoms with van der Waals surface area (Å²) in [6, 6.07) is 6.15. The minimum atomic E-state index is -0.859. The minimum Gasteiger partial charge on any atom is -0.481 e. The van der Waals surface area contributed by atoms with E-state index < -0.39 is 17.8 Å². The number of nitrogens with zero attached hydrogens (tertiary/aromatic N) is 2. The van der Waals surface area contributed by atoms with Crippen LogP contribution >= 0.6 is 0 Å². The molecule has 2 rings (SSSR count). The van der Waals surface area contributed by atoms with Crippen LogP contribution in [0.25, 0.3) is 0 Å². The van der Waals surface area contributed by atoms with Crippen LogP contribution in [0.1, 0.15) is 11.6 Å². The number of aromatic nitrogens is 2. The van der Waals surface area contributed by atoms with Gasteiger partial charge in [-0.3, -0.25) is 4.79 Å². The topological polar surface area (TPSA) is 90.1 Å². The third kappa shape index (κ3) is 3.19. The number of hydrogen-bond acceptors (Lipinski definition) is 5. The van der Waals surface area contributed by atoms with Crippen molar-refractivity contribution in [3.05, 3.63) is 47.9 Å². The molecule has 104 valence electrons. The van der Waals surface area contributed by atoms with Crippen LogP contribution < -0.4 is 15.8 Å². The number of primary amides is 1. The van der Waals surface area contributed by atoms with Gasteiger partial charge in [0.25, 0.3) is 0 Å². The molecular formula is C13H13FN4O2. The van der Waals surface area contributed by atoms with Gasteiger partial charge in [-0.2, -0.15) is 4.98 Å². The second-order valence-electron chi connectivity index (χ2n) is 3.95. The summed E-state index contributed by atoms with van der Waals surface area (Å²) in [6.45, 7) is 0. The van der Waals surface area contributed by atoms with Crippen molar-refractivity contribution in [3.63, 3.8) is 0 Å². The molecule has 0 aliphatic rings. The summed E-state index contributed by atoms with van der Waals surface area (Å²) in [5.74, 6) is -0.472. The fraction of sp³-hybridized carbons (Fsp3) is 0.154. The van der Waals surface area contributed by atoms with Crippen LogP contribution in [0.5, 0.6) is 5.88 Å². The largest absolute Gasteiger partial charge is 0.481 e. The molecule has 0 aliphatic heterocycles. The molecule has 0 fully saturated rings. The lowest BCUT2D eigenvalue weighted by Crippen LogP contribution is -2.28. The Hall–Kier alpha value is -2.70. The van der Waals surface area contributed by atoms with Gasteiger partial charge in [-0.1, -0.05) is 12.1 Å². The molecule has 1 aromatic carbocycles. The average molecular weight is 276 g/mol. The van der Waals surface area contributed by atoms with Gasteiger partial charge in [-0.25, -0.2) is 9.37 Å². The SMILES string of the molecule is COc1ccnc(NC(C(N)=O)c2ccc(F)cc2)n1. The Morgan fingerprint density at radius 1 is 1.35 bits per heavy atom. The second-order valence-corrected chi connectivity index (χ2v) is 3.95. The molecule has 0 radical (unpaired) electrons. The zero-order valence-electron chi connectivity index (χ0n) is 10.7. The molecule has 3 N–H and O–H groups in total. The molecule has 7 heteroatoms. The number of nitrogens with two attached hydrogens (primary N) is 1. The average Bonchev–Trinajstić information content (AvgIpc) is 2.46. The quantitative estimate of drug-likeness (QED) is 0.858. The van der Waals surface area contributed by atoms with Crippen molar-refractivity contribution in [1.82, 2.24) is 9.97 Å². The number of benzene rings is 1. The van der Waals surface area contributed by atoms with Crippen LogP contribution in [0.4, 0.5) is 10.3 Å². The smallest absolute Gasteiger partial charge is 0.244 e. The number of rotatable bonds is 5. The number of carbonyl (C=O) groups excluding carboxylic acids is 1. The minimum absolute atomic E-state index is 0.192. The first kappa shape index (κ1) is 13.7. The maximum absolute atomic E-state index is 12.9. The van der Waals surface area contributed by atoms with Crippen molar-refractivity contribution in [1.29, 1.82) is 0 Å². The van der Waals surface area contributed by atoms with E-state index in [2.05, 4.69) is 15.3 Å². The van der Waals surface area contributed by atoms with E-state index in [0.717, 1.165) is 0 Å². The van der Waals surface area contributed by atoms with E-state index in [-0.39, 0.29) is 5.95 Å². The van der Waals surface area contributed by atoms with Crippen molar-refractivity contribution < 1.29 is 13.9 Å². The third-order valence-electron chi connectivity index (χ3n) is 2.60. The number of amides is 1. The third-order valence-corrected chi connectivity index (χ3v) is 2.60. The van der Waals surface area contributed by atoms with E-state index in [1.807, 2.05) is 0 Å². The molecular weight excluding hydrogens is 263 g/mol. The zero-order valence-corrected chi connectivity index (χ0v) is 10.7. The summed E-state index contributed by atoms with van der Waals surface area (Å²) in [4.78, 5) is 19.5. The maximum Gasteiger partial charge on any atom is 0.244 e. The highest BCUT2D eigenvalue weighted by atomic mass is 19.1. The van der Waals surface area contributed by atoms with E-state index >= 15 is 0 Å². The Labute approximate surface area is 114 Å². The highest BCUT2D eigenvalue weighted by molar-refractivity contribution is 5.83. The fourth-order valence-corrected chi connectivity index (χ4v) is 1.63. The van der Waals surface area contributed by atoms with Crippen molar-refractivity contribution in [2.75, 3.05) is 12.4 Å². The van der Waals surface area contributed by atoms with Gasteiger partial charge in [-0.15, -0.1) is 0 Å². The molecule has 1 amide bonds. The van der Waals surface area contributed by atoms with E-state index in [0.29, 0.717) is 11.4 Å². The molecule has 0 spiro atoms. The molecule has 1 aromatic heterocycles. The Bertz CT molecular complexity index is 604. The summed E-state index contributed by atoms with van der Waals surface area (Å²) in [6.07, 6.45) is 1.48.